The van der Waals surface area contributed by atoms with Gasteiger partial charge in [-0.05, 0) is 43.4 Å². The standard InChI is InChI=1S/C26H30N2O7/c1-4-6-28(3)11-14-7-12(5-2)16-9-13-8-15-10-17(29)20(25(27)34)24(33)26(15,35)23(32)18(13)22(31)19(16)21(14)30/h4,7,13,15,29-30,32,35H,1,5-6,8-11H2,2-3H3,(H2,27,34)/t13-,15+,26+/m1/s1. The highest BCUT2D eigenvalue weighted by molar-refractivity contribution is 6.24. The molecular formula is C26H30N2O7. The third kappa shape index (κ3) is 3.57. The molecule has 186 valence electrons. The van der Waals surface area contributed by atoms with Crippen LogP contribution < -0.4 is 5.73 Å². The molecule has 35 heavy (non-hydrogen) atoms. The van der Waals surface area contributed by atoms with Gasteiger partial charge < -0.3 is 26.2 Å². The minimum atomic E-state index is -2.55. The lowest BCUT2D eigenvalue weighted by Gasteiger charge is -2.45. The number of amides is 1. The molecule has 0 bridgehead atoms. The van der Waals surface area contributed by atoms with Gasteiger partial charge in [0.2, 0.25) is 5.78 Å². The van der Waals surface area contributed by atoms with Crippen molar-refractivity contribution in [1.82, 2.24) is 4.90 Å². The molecule has 0 saturated carbocycles. The molecule has 1 amide bonds. The number of allylic oxidation sites excluding steroid dienone is 2. The zero-order valence-electron chi connectivity index (χ0n) is 19.8. The van der Waals surface area contributed by atoms with Crippen molar-refractivity contribution in [2.24, 2.45) is 17.6 Å². The molecule has 0 aromatic heterocycles. The summed E-state index contributed by atoms with van der Waals surface area (Å²) in [5.41, 5.74) is 3.92. The Bertz CT molecular complexity index is 1230. The number of aryl methyl sites for hydroxylation is 1. The molecule has 9 heteroatoms. The maximum atomic E-state index is 13.7. The fourth-order valence-corrected chi connectivity index (χ4v) is 5.84. The quantitative estimate of drug-likeness (QED) is 0.303. The zero-order chi connectivity index (χ0) is 25.8. The lowest BCUT2D eigenvalue weighted by molar-refractivity contribution is -0.144. The number of nitrogens with two attached hydrogens (primary N) is 1. The van der Waals surface area contributed by atoms with E-state index < -0.39 is 52.0 Å². The van der Waals surface area contributed by atoms with Crippen LogP contribution in [-0.2, 0) is 29.0 Å². The molecule has 6 N–H and O–H groups in total. The van der Waals surface area contributed by atoms with Crippen LogP contribution in [0.15, 0.2) is 41.4 Å². The lowest BCUT2D eigenvalue weighted by Crippen LogP contribution is -2.57. The average Bonchev–Trinajstić information content (AvgIpc) is 2.78. The number of aliphatic hydroxyl groups excluding tert-OH is 2. The van der Waals surface area contributed by atoms with E-state index in [1.165, 1.54) is 0 Å². The number of hydrogen-bond acceptors (Lipinski definition) is 8. The second kappa shape index (κ2) is 8.66. The molecule has 1 aromatic carbocycles. The first-order chi connectivity index (χ1) is 16.5. The SMILES string of the molecule is C=CCN(C)Cc1cc(CC)c2c(c1O)C(=O)C1=C(O)[C@]3(O)C(=O)C(C(N)=O)=C(O)C[C@@H]3C[C@@H]1C2. The van der Waals surface area contributed by atoms with Crippen molar-refractivity contribution in [2.45, 2.75) is 44.8 Å². The second-order valence-electron chi connectivity index (χ2n) is 9.65. The minimum Gasteiger partial charge on any atom is -0.511 e. The smallest absolute Gasteiger partial charge is 0.255 e. The molecule has 9 nitrogen and oxygen atoms in total. The van der Waals surface area contributed by atoms with Crippen LogP contribution in [0.25, 0.3) is 0 Å². The number of phenolic OH excluding ortho intramolecular Hbond substituents is 1. The molecule has 0 fully saturated rings. The highest BCUT2D eigenvalue weighted by atomic mass is 16.3. The van der Waals surface area contributed by atoms with Crippen molar-refractivity contribution < 1.29 is 34.8 Å². The molecule has 0 heterocycles. The van der Waals surface area contributed by atoms with Crippen molar-refractivity contribution in [2.75, 3.05) is 13.6 Å². The van der Waals surface area contributed by atoms with E-state index in [0.717, 1.165) is 5.56 Å². The van der Waals surface area contributed by atoms with E-state index >= 15 is 0 Å². The number of benzene rings is 1. The summed E-state index contributed by atoms with van der Waals surface area (Å²) in [6, 6.07) is 1.88. The van der Waals surface area contributed by atoms with E-state index in [9.17, 15) is 34.8 Å². The maximum Gasteiger partial charge on any atom is 0.255 e. The largest absolute Gasteiger partial charge is 0.511 e. The van der Waals surface area contributed by atoms with Crippen LogP contribution >= 0.6 is 0 Å². The molecule has 0 spiro atoms. The number of nitrogens with zero attached hydrogens (tertiary/aromatic N) is 1. The van der Waals surface area contributed by atoms with Gasteiger partial charge in [-0.1, -0.05) is 19.1 Å². The number of Topliss-reactive ketones (excluding diaryl/α,β-unsaturated/α-hetero) is 2. The molecule has 0 radical (unpaired) electrons. The number of aromatic hydroxyl groups is 1. The molecular weight excluding hydrogens is 452 g/mol. The third-order valence-corrected chi connectivity index (χ3v) is 7.50. The van der Waals surface area contributed by atoms with E-state index in [1.807, 2.05) is 24.9 Å². The van der Waals surface area contributed by atoms with Gasteiger partial charge in [0.05, 0.1) is 5.56 Å². The Morgan fingerprint density at radius 1 is 1.26 bits per heavy atom. The second-order valence-corrected chi connectivity index (χ2v) is 9.65. The summed E-state index contributed by atoms with van der Waals surface area (Å²) in [6.07, 6.45) is 2.53. The monoisotopic (exact) mass is 482 g/mol. The van der Waals surface area contributed by atoms with Gasteiger partial charge >= 0.3 is 0 Å². The van der Waals surface area contributed by atoms with E-state index in [0.29, 0.717) is 37.1 Å². The molecule has 4 rings (SSSR count). The van der Waals surface area contributed by atoms with Crippen LogP contribution in [0.5, 0.6) is 5.75 Å². The van der Waals surface area contributed by atoms with Gasteiger partial charge in [0.1, 0.15) is 22.8 Å². The summed E-state index contributed by atoms with van der Waals surface area (Å²) in [5, 5.41) is 43.8. The van der Waals surface area contributed by atoms with Gasteiger partial charge in [0, 0.05) is 36.6 Å². The normalized spacial score (nSPS) is 25.9. The van der Waals surface area contributed by atoms with Crippen molar-refractivity contribution >= 4 is 17.5 Å². The van der Waals surface area contributed by atoms with Gasteiger partial charge in [-0.2, -0.15) is 0 Å². The van der Waals surface area contributed by atoms with Crippen molar-refractivity contribution in [3.63, 3.8) is 0 Å². The third-order valence-electron chi connectivity index (χ3n) is 7.50. The minimum absolute atomic E-state index is 0.0583. The first kappa shape index (κ1) is 24.7. The van der Waals surface area contributed by atoms with Gasteiger partial charge in [0.25, 0.3) is 5.91 Å². The van der Waals surface area contributed by atoms with Crippen LogP contribution in [-0.4, -0.2) is 62.0 Å². The molecule has 3 aliphatic rings. The van der Waals surface area contributed by atoms with E-state index in [-0.39, 0.29) is 29.7 Å². The number of fused-ring (bicyclic) bond motifs is 3. The molecule has 0 saturated heterocycles. The Kier molecular flexibility index (Phi) is 6.11. The van der Waals surface area contributed by atoms with E-state index in [2.05, 4.69) is 6.58 Å². The highest BCUT2D eigenvalue weighted by Crippen LogP contribution is 2.52. The molecule has 0 aliphatic heterocycles. The number of hydrogen-bond donors (Lipinski definition) is 5. The number of ketones is 2. The summed E-state index contributed by atoms with van der Waals surface area (Å²) in [7, 11) is 1.85. The van der Waals surface area contributed by atoms with Crippen LogP contribution in [0.1, 0.15) is 46.8 Å². The van der Waals surface area contributed by atoms with Crippen LogP contribution in [0.4, 0.5) is 0 Å². The summed E-state index contributed by atoms with van der Waals surface area (Å²) >= 11 is 0. The Hall–Kier alpha value is -3.43. The predicted octanol–water partition coefficient (Wildman–Crippen LogP) is 1.76. The number of likely N-dealkylation sites (N-methyl/N-ethyl adjacent to an activating group) is 1. The summed E-state index contributed by atoms with van der Waals surface area (Å²) in [4.78, 5) is 40.4. The lowest BCUT2D eigenvalue weighted by atomic mass is 9.60. The van der Waals surface area contributed by atoms with Gasteiger partial charge in [0.15, 0.2) is 11.4 Å². The first-order valence-corrected chi connectivity index (χ1v) is 11.6. The highest BCUT2D eigenvalue weighted by Gasteiger charge is 2.59. The summed E-state index contributed by atoms with van der Waals surface area (Å²) in [6.45, 7) is 6.58. The number of carbonyl (C=O) groups is 3. The van der Waals surface area contributed by atoms with Crippen LogP contribution in [0.3, 0.4) is 0 Å². The van der Waals surface area contributed by atoms with Crippen LogP contribution in [0, 0.1) is 11.8 Å². The van der Waals surface area contributed by atoms with Gasteiger partial charge in [-0.3, -0.25) is 19.3 Å². The van der Waals surface area contributed by atoms with Crippen molar-refractivity contribution in [3.05, 3.63) is 63.6 Å². The van der Waals surface area contributed by atoms with Crippen LogP contribution in [0.2, 0.25) is 0 Å². The predicted molar refractivity (Wildman–Crippen MR) is 127 cm³/mol. The topological polar surface area (TPSA) is 161 Å². The molecule has 3 aliphatic carbocycles. The maximum absolute atomic E-state index is 13.7. The Labute approximate surface area is 202 Å². The average molecular weight is 483 g/mol. The van der Waals surface area contributed by atoms with Crippen molar-refractivity contribution in [3.8, 4) is 5.75 Å². The summed E-state index contributed by atoms with van der Waals surface area (Å²) in [5.74, 6) is -6.14. The Morgan fingerprint density at radius 3 is 2.54 bits per heavy atom. The number of primary amides is 1. The van der Waals surface area contributed by atoms with Crippen molar-refractivity contribution in [1.29, 1.82) is 0 Å². The fourth-order valence-electron chi connectivity index (χ4n) is 5.84. The summed E-state index contributed by atoms with van der Waals surface area (Å²) < 4.78 is 0. The number of rotatable bonds is 6. The van der Waals surface area contributed by atoms with Gasteiger partial charge in [-0.15, -0.1) is 6.58 Å². The number of aliphatic hydroxyl groups is 3. The Morgan fingerprint density at radius 2 is 1.94 bits per heavy atom. The number of phenols is 1. The number of carbonyl (C=O) groups excluding carboxylic acids is 3. The Balaban J connectivity index is 1.87. The first-order valence-electron chi connectivity index (χ1n) is 11.6. The fraction of sp³-hybridized carbons (Fsp3) is 0.423. The molecule has 0 unspecified atom stereocenters. The van der Waals surface area contributed by atoms with E-state index in [4.69, 9.17) is 5.73 Å². The van der Waals surface area contributed by atoms with E-state index in [1.54, 1.807) is 6.08 Å². The molecule has 3 atom stereocenters. The molecule has 1 aromatic rings. The van der Waals surface area contributed by atoms with Gasteiger partial charge in [-0.25, -0.2) is 0 Å². The zero-order valence-corrected chi connectivity index (χ0v) is 19.8.